The Bertz CT molecular complexity index is 843. The largest absolute Gasteiger partial charge is 0.497 e. The molecule has 1 atom stereocenters. The van der Waals surface area contributed by atoms with Crippen LogP contribution in [0.4, 0.5) is 0 Å². The summed E-state index contributed by atoms with van der Waals surface area (Å²) in [6.45, 7) is 0.828. The molecular formula is C20H24N4O3. The SMILES string of the molecule is COc1ccc(-n2ncc3c2CCC[C@@H]3NC(=O)CN2CCCC2=O)cc1. The van der Waals surface area contributed by atoms with Crippen molar-refractivity contribution in [2.24, 2.45) is 0 Å². The van der Waals surface area contributed by atoms with Crippen LogP contribution in [0, 0.1) is 0 Å². The molecule has 2 heterocycles. The van der Waals surface area contributed by atoms with Crippen LogP contribution in [0.15, 0.2) is 30.5 Å². The second-order valence-electron chi connectivity index (χ2n) is 7.09. The summed E-state index contributed by atoms with van der Waals surface area (Å²) in [4.78, 5) is 25.8. The van der Waals surface area contributed by atoms with Gasteiger partial charge in [0.25, 0.3) is 0 Å². The number of fused-ring (bicyclic) bond motifs is 1. The highest BCUT2D eigenvalue weighted by Gasteiger charge is 2.28. The quantitative estimate of drug-likeness (QED) is 0.876. The average molecular weight is 368 g/mol. The first-order chi connectivity index (χ1) is 13.2. The summed E-state index contributed by atoms with van der Waals surface area (Å²) in [6, 6.07) is 7.74. The van der Waals surface area contributed by atoms with E-state index in [9.17, 15) is 9.59 Å². The van der Waals surface area contributed by atoms with E-state index in [1.54, 1.807) is 12.0 Å². The van der Waals surface area contributed by atoms with Crippen LogP contribution in [-0.2, 0) is 16.0 Å². The summed E-state index contributed by atoms with van der Waals surface area (Å²) in [7, 11) is 1.65. The number of nitrogens with one attached hydrogen (secondary N) is 1. The van der Waals surface area contributed by atoms with Crippen LogP contribution in [0.1, 0.15) is 43.0 Å². The Hall–Kier alpha value is -2.83. The summed E-state index contributed by atoms with van der Waals surface area (Å²) >= 11 is 0. The molecule has 2 aliphatic rings. The predicted octanol–water partition coefficient (Wildman–Crippen LogP) is 2.00. The number of amides is 2. The van der Waals surface area contributed by atoms with Gasteiger partial charge in [-0.3, -0.25) is 9.59 Å². The number of carbonyl (C=O) groups excluding carboxylic acids is 2. The molecule has 1 saturated heterocycles. The maximum atomic E-state index is 12.4. The van der Waals surface area contributed by atoms with E-state index < -0.39 is 0 Å². The van der Waals surface area contributed by atoms with Gasteiger partial charge in [-0.25, -0.2) is 4.68 Å². The number of methoxy groups -OCH3 is 1. The molecular weight excluding hydrogens is 344 g/mol. The van der Waals surface area contributed by atoms with Crippen LogP contribution in [0.5, 0.6) is 5.75 Å². The van der Waals surface area contributed by atoms with E-state index >= 15 is 0 Å². The molecule has 7 nitrogen and oxygen atoms in total. The van der Waals surface area contributed by atoms with Crippen molar-refractivity contribution >= 4 is 11.8 Å². The highest BCUT2D eigenvalue weighted by atomic mass is 16.5. The van der Waals surface area contributed by atoms with Crippen molar-refractivity contribution < 1.29 is 14.3 Å². The average Bonchev–Trinajstić information content (AvgIpc) is 3.29. The number of rotatable bonds is 5. The maximum Gasteiger partial charge on any atom is 0.240 e. The standard InChI is InChI=1S/C20H24N4O3/c1-27-15-9-7-14(8-10-15)24-18-5-2-4-17(16(18)12-21-24)22-19(25)13-23-11-3-6-20(23)26/h7-10,12,17H,2-6,11,13H2,1H3,(H,22,25)/t17-/m0/s1. The first kappa shape index (κ1) is 17.6. The third-order valence-electron chi connectivity index (χ3n) is 5.34. The molecule has 0 radical (unpaired) electrons. The zero-order valence-corrected chi connectivity index (χ0v) is 15.5. The van der Waals surface area contributed by atoms with Gasteiger partial charge >= 0.3 is 0 Å². The lowest BCUT2D eigenvalue weighted by atomic mass is 9.93. The van der Waals surface area contributed by atoms with Crippen molar-refractivity contribution in [1.29, 1.82) is 0 Å². The Morgan fingerprint density at radius 3 is 2.78 bits per heavy atom. The summed E-state index contributed by atoms with van der Waals surface area (Å²) in [5, 5.41) is 7.66. The molecule has 1 aromatic carbocycles. The molecule has 1 fully saturated rings. The zero-order valence-electron chi connectivity index (χ0n) is 15.5. The minimum atomic E-state index is -0.0969. The van der Waals surface area contributed by atoms with Gasteiger partial charge in [-0.1, -0.05) is 0 Å². The fourth-order valence-electron chi connectivity index (χ4n) is 3.94. The molecule has 2 amide bonds. The Morgan fingerprint density at radius 1 is 1.26 bits per heavy atom. The van der Waals surface area contributed by atoms with Gasteiger partial charge in [0.2, 0.25) is 11.8 Å². The lowest BCUT2D eigenvalue weighted by Crippen LogP contribution is -2.40. The summed E-state index contributed by atoms with van der Waals surface area (Å²) in [5.41, 5.74) is 3.18. The van der Waals surface area contributed by atoms with Crippen molar-refractivity contribution in [3.63, 3.8) is 0 Å². The highest BCUT2D eigenvalue weighted by Crippen LogP contribution is 2.31. The minimum absolute atomic E-state index is 0.0500. The van der Waals surface area contributed by atoms with Crippen molar-refractivity contribution in [2.75, 3.05) is 20.2 Å². The molecule has 0 spiro atoms. The number of carbonyl (C=O) groups is 2. The molecule has 142 valence electrons. The predicted molar refractivity (Wildman–Crippen MR) is 99.8 cm³/mol. The van der Waals surface area contributed by atoms with E-state index in [2.05, 4.69) is 10.4 Å². The first-order valence-corrected chi connectivity index (χ1v) is 9.44. The van der Waals surface area contributed by atoms with Crippen LogP contribution >= 0.6 is 0 Å². The first-order valence-electron chi connectivity index (χ1n) is 9.44. The van der Waals surface area contributed by atoms with Crippen LogP contribution < -0.4 is 10.1 Å². The fraction of sp³-hybridized carbons (Fsp3) is 0.450. The second-order valence-corrected chi connectivity index (χ2v) is 7.09. The lowest BCUT2D eigenvalue weighted by molar-refractivity contribution is -0.133. The third-order valence-corrected chi connectivity index (χ3v) is 5.34. The number of nitrogens with zero attached hydrogens (tertiary/aromatic N) is 3. The third kappa shape index (κ3) is 3.54. The van der Waals surface area contributed by atoms with Crippen molar-refractivity contribution in [3.05, 3.63) is 41.7 Å². The van der Waals surface area contributed by atoms with Crippen molar-refractivity contribution in [1.82, 2.24) is 20.0 Å². The van der Waals surface area contributed by atoms with Gasteiger partial charge in [0.1, 0.15) is 5.75 Å². The second kappa shape index (κ2) is 7.42. The Balaban J connectivity index is 1.49. The monoisotopic (exact) mass is 368 g/mol. The van der Waals surface area contributed by atoms with Gasteiger partial charge in [-0.15, -0.1) is 0 Å². The van der Waals surface area contributed by atoms with Crippen LogP contribution in [0.25, 0.3) is 5.69 Å². The summed E-state index contributed by atoms with van der Waals surface area (Å²) in [6.07, 6.45) is 6.05. The molecule has 1 aliphatic carbocycles. The van der Waals surface area contributed by atoms with Crippen LogP contribution in [0.3, 0.4) is 0 Å². The van der Waals surface area contributed by atoms with E-state index in [4.69, 9.17) is 4.74 Å². The van der Waals surface area contributed by atoms with Gasteiger partial charge in [0.15, 0.2) is 0 Å². The van der Waals surface area contributed by atoms with E-state index in [0.29, 0.717) is 13.0 Å². The number of aromatic nitrogens is 2. The highest BCUT2D eigenvalue weighted by molar-refractivity contribution is 5.86. The molecule has 1 aromatic heterocycles. The molecule has 4 rings (SSSR count). The molecule has 0 saturated carbocycles. The van der Waals surface area contributed by atoms with Crippen molar-refractivity contribution in [3.8, 4) is 11.4 Å². The lowest BCUT2D eigenvalue weighted by Gasteiger charge is -2.25. The van der Waals surface area contributed by atoms with E-state index in [0.717, 1.165) is 48.4 Å². The zero-order chi connectivity index (χ0) is 18.8. The Kier molecular flexibility index (Phi) is 4.83. The van der Waals surface area contributed by atoms with Crippen LogP contribution in [0.2, 0.25) is 0 Å². The van der Waals surface area contributed by atoms with Gasteiger partial charge < -0.3 is 15.0 Å². The number of hydrogen-bond acceptors (Lipinski definition) is 4. The maximum absolute atomic E-state index is 12.4. The van der Waals surface area contributed by atoms with E-state index in [1.807, 2.05) is 35.1 Å². The van der Waals surface area contributed by atoms with Gasteiger partial charge in [-0.05, 0) is 49.9 Å². The smallest absolute Gasteiger partial charge is 0.240 e. The number of likely N-dealkylation sites (tertiary alicyclic amines) is 1. The summed E-state index contributed by atoms with van der Waals surface area (Å²) in [5.74, 6) is 0.781. The topological polar surface area (TPSA) is 76.5 Å². The molecule has 1 N–H and O–H groups in total. The van der Waals surface area contributed by atoms with Gasteiger partial charge in [0, 0.05) is 24.2 Å². The molecule has 0 bridgehead atoms. The fourth-order valence-corrected chi connectivity index (χ4v) is 3.94. The van der Waals surface area contributed by atoms with Crippen LogP contribution in [-0.4, -0.2) is 46.7 Å². The molecule has 2 aromatic rings. The van der Waals surface area contributed by atoms with Crippen molar-refractivity contribution in [2.45, 2.75) is 38.1 Å². The minimum Gasteiger partial charge on any atom is -0.497 e. The van der Waals surface area contributed by atoms with E-state index in [1.165, 1.54) is 0 Å². The molecule has 27 heavy (non-hydrogen) atoms. The van der Waals surface area contributed by atoms with Gasteiger partial charge in [0.05, 0.1) is 31.6 Å². The number of ether oxygens (including phenoxy) is 1. The van der Waals surface area contributed by atoms with E-state index in [-0.39, 0.29) is 24.4 Å². The number of benzene rings is 1. The molecule has 7 heteroatoms. The summed E-state index contributed by atoms with van der Waals surface area (Å²) < 4.78 is 7.16. The molecule has 0 unspecified atom stereocenters. The normalized spacial score (nSPS) is 19.1. The number of hydrogen-bond donors (Lipinski definition) is 1. The Labute approximate surface area is 158 Å². The Morgan fingerprint density at radius 2 is 2.07 bits per heavy atom. The molecule has 1 aliphatic heterocycles. The van der Waals surface area contributed by atoms with Gasteiger partial charge in [-0.2, -0.15) is 5.10 Å².